The van der Waals surface area contributed by atoms with Crippen LogP contribution >= 0.6 is 34.5 Å². The molecule has 0 aromatic carbocycles. The molecule has 1 rings (SSSR count). The summed E-state index contributed by atoms with van der Waals surface area (Å²) in [7, 11) is 0. The molecule has 5 heteroatoms. The molecule has 0 aliphatic carbocycles. The molecular weight excluding hydrogens is 265 g/mol. The fourth-order valence-corrected chi connectivity index (χ4v) is 2.66. The van der Waals surface area contributed by atoms with E-state index in [9.17, 15) is 4.79 Å². The first kappa shape index (κ1) is 13.8. The van der Waals surface area contributed by atoms with Crippen LogP contribution in [0.25, 0.3) is 0 Å². The first-order valence-electron chi connectivity index (χ1n) is 5.16. The second kappa shape index (κ2) is 6.48. The summed E-state index contributed by atoms with van der Waals surface area (Å²) in [5, 5.41) is 5.37. The van der Waals surface area contributed by atoms with Crippen LogP contribution in [0.4, 0.5) is 0 Å². The highest BCUT2D eigenvalue weighted by atomic mass is 35.5. The van der Waals surface area contributed by atoms with E-state index in [1.54, 1.807) is 0 Å². The van der Waals surface area contributed by atoms with Gasteiger partial charge in [-0.25, -0.2) is 0 Å². The maximum absolute atomic E-state index is 11.8. The van der Waals surface area contributed by atoms with Crippen molar-refractivity contribution in [2.75, 3.05) is 5.88 Å². The summed E-state index contributed by atoms with van der Waals surface area (Å²) >= 11 is 13.0. The van der Waals surface area contributed by atoms with E-state index in [1.807, 2.05) is 19.2 Å². The number of alkyl halides is 1. The molecule has 1 heterocycles. The lowest BCUT2D eigenvalue weighted by molar-refractivity contribution is 0.0942. The highest BCUT2D eigenvalue weighted by Crippen LogP contribution is 2.26. The molecule has 0 aliphatic heterocycles. The average Bonchev–Trinajstić information content (AvgIpc) is 2.57. The Balaban J connectivity index is 2.55. The standard InChI is InChI=1S/C11H15Cl2NOS/c1-7-6-16-10(9(7)13)11(15)14-8(2)4-3-5-12/h6,8H,3-5H2,1-2H3,(H,14,15). The van der Waals surface area contributed by atoms with Crippen molar-refractivity contribution in [1.82, 2.24) is 5.32 Å². The lowest BCUT2D eigenvalue weighted by atomic mass is 10.2. The third kappa shape index (κ3) is 3.65. The Morgan fingerprint density at radius 2 is 2.31 bits per heavy atom. The Morgan fingerprint density at radius 1 is 1.62 bits per heavy atom. The third-order valence-corrected chi connectivity index (χ3v) is 4.22. The van der Waals surface area contributed by atoms with Gasteiger partial charge in [0.1, 0.15) is 4.88 Å². The zero-order chi connectivity index (χ0) is 12.1. The molecule has 1 N–H and O–H groups in total. The van der Waals surface area contributed by atoms with E-state index < -0.39 is 0 Å². The number of thiophene rings is 1. The van der Waals surface area contributed by atoms with E-state index in [0.29, 0.717) is 15.8 Å². The van der Waals surface area contributed by atoms with Crippen molar-refractivity contribution in [3.8, 4) is 0 Å². The van der Waals surface area contributed by atoms with Gasteiger partial charge in [0, 0.05) is 11.9 Å². The highest BCUT2D eigenvalue weighted by Gasteiger charge is 2.16. The first-order valence-corrected chi connectivity index (χ1v) is 6.96. The molecule has 0 bridgehead atoms. The number of aryl methyl sites for hydroxylation is 1. The van der Waals surface area contributed by atoms with E-state index in [1.165, 1.54) is 11.3 Å². The maximum atomic E-state index is 11.8. The van der Waals surface area contributed by atoms with Crippen LogP contribution in [-0.4, -0.2) is 17.8 Å². The first-order chi connectivity index (χ1) is 7.56. The van der Waals surface area contributed by atoms with Gasteiger partial charge < -0.3 is 5.32 Å². The number of hydrogen-bond donors (Lipinski definition) is 1. The number of carbonyl (C=O) groups is 1. The van der Waals surface area contributed by atoms with Crippen LogP contribution in [0.15, 0.2) is 5.38 Å². The predicted octanol–water partition coefficient (Wildman–Crippen LogP) is 3.85. The van der Waals surface area contributed by atoms with E-state index in [0.717, 1.165) is 18.4 Å². The molecule has 1 amide bonds. The maximum Gasteiger partial charge on any atom is 0.263 e. The smallest absolute Gasteiger partial charge is 0.263 e. The quantitative estimate of drug-likeness (QED) is 0.815. The summed E-state index contributed by atoms with van der Waals surface area (Å²) in [6.07, 6.45) is 1.79. The Kier molecular flexibility index (Phi) is 5.59. The Bertz CT molecular complexity index is 365. The summed E-state index contributed by atoms with van der Waals surface area (Å²) in [5.41, 5.74) is 0.949. The van der Waals surface area contributed by atoms with Crippen molar-refractivity contribution >= 4 is 40.4 Å². The molecule has 90 valence electrons. The van der Waals surface area contributed by atoms with Gasteiger partial charge in [0.25, 0.3) is 5.91 Å². The summed E-state index contributed by atoms with van der Waals surface area (Å²) < 4.78 is 0. The minimum atomic E-state index is -0.0924. The normalized spacial score (nSPS) is 12.5. The Labute approximate surface area is 110 Å². The summed E-state index contributed by atoms with van der Waals surface area (Å²) in [5.74, 6) is 0.532. The number of nitrogens with one attached hydrogen (secondary N) is 1. The minimum absolute atomic E-state index is 0.0924. The largest absolute Gasteiger partial charge is 0.349 e. The second-order valence-corrected chi connectivity index (χ2v) is 5.40. The van der Waals surface area contributed by atoms with Crippen molar-refractivity contribution in [3.05, 3.63) is 20.8 Å². The molecule has 16 heavy (non-hydrogen) atoms. The van der Waals surface area contributed by atoms with Gasteiger partial charge >= 0.3 is 0 Å². The van der Waals surface area contributed by atoms with Crippen LogP contribution in [0.5, 0.6) is 0 Å². The van der Waals surface area contributed by atoms with Crippen molar-refractivity contribution in [1.29, 1.82) is 0 Å². The highest BCUT2D eigenvalue weighted by molar-refractivity contribution is 7.13. The lowest BCUT2D eigenvalue weighted by Gasteiger charge is -2.12. The molecule has 0 saturated heterocycles. The van der Waals surface area contributed by atoms with Gasteiger partial charge in [-0.15, -0.1) is 22.9 Å². The van der Waals surface area contributed by atoms with Crippen LogP contribution in [0.2, 0.25) is 5.02 Å². The van der Waals surface area contributed by atoms with E-state index in [2.05, 4.69) is 5.32 Å². The fraction of sp³-hybridized carbons (Fsp3) is 0.545. The topological polar surface area (TPSA) is 29.1 Å². The van der Waals surface area contributed by atoms with Crippen LogP contribution in [0, 0.1) is 6.92 Å². The number of carbonyl (C=O) groups excluding carboxylic acids is 1. The zero-order valence-electron chi connectivity index (χ0n) is 9.35. The fourth-order valence-electron chi connectivity index (χ4n) is 1.33. The predicted molar refractivity (Wildman–Crippen MR) is 70.9 cm³/mol. The molecule has 0 aliphatic rings. The molecule has 0 saturated carbocycles. The summed E-state index contributed by atoms with van der Waals surface area (Å²) in [6, 6.07) is 0.129. The number of halogens is 2. The molecule has 0 spiro atoms. The Hall–Kier alpha value is -0.250. The minimum Gasteiger partial charge on any atom is -0.349 e. The van der Waals surface area contributed by atoms with Crippen LogP contribution in [0.1, 0.15) is 35.0 Å². The van der Waals surface area contributed by atoms with Gasteiger partial charge in [-0.3, -0.25) is 4.79 Å². The van der Waals surface area contributed by atoms with Crippen molar-refractivity contribution in [2.24, 2.45) is 0 Å². The second-order valence-electron chi connectivity index (χ2n) is 3.77. The SMILES string of the molecule is Cc1csc(C(=O)NC(C)CCCCl)c1Cl. The van der Waals surface area contributed by atoms with Crippen LogP contribution in [-0.2, 0) is 0 Å². The van der Waals surface area contributed by atoms with Crippen LogP contribution < -0.4 is 5.32 Å². The number of hydrogen-bond acceptors (Lipinski definition) is 2. The zero-order valence-corrected chi connectivity index (χ0v) is 11.7. The number of rotatable bonds is 5. The molecule has 1 aromatic rings. The summed E-state index contributed by atoms with van der Waals surface area (Å²) in [4.78, 5) is 12.4. The molecular formula is C11H15Cl2NOS. The van der Waals surface area contributed by atoms with Crippen LogP contribution in [0.3, 0.4) is 0 Å². The van der Waals surface area contributed by atoms with Gasteiger partial charge in [-0.2, -0.15) is 0 Å². The van der Waals surface area contributed by atoms with Crippen molar-refractivity contribution in [2.45, 2.75) is 32.7 Å². The Morgan fingerprint density at radius 3 is 2.81 bits per heavy atom. The summed E-state index contributed by atoms with van der Waals surface area (Å²) in [6.45, 7) is 3.87. The monoisotopic (exact) mass is 279 g/mol. The molecule has 2 nitrogen and oxygen atoms in total. The van der Waals surface area contributed by atoms with Crippen molar-refractivity contribution in [3.63, 3.8) is 0 Å². The molecule has 1 aromatic heterocycles. The van der Waals surface area contributed by atoms with Gasteiger partial charge in [0.15, 0.2) is 0 Å². The average molecular weight is 280 g/mol. The molecule has 0 radical (unpaired) electrons. The van der Waals surface area contributed by atoms with Crippen molar-refractivity contribution < 1.29 is 4.79 Å². The van der Waals surface area contributed by atoms with Gasteiger partial charge in [0.05, 0.1) is 5.02 Å². The number of amides is 1. The third-order valence-electron chi connectivity index (χ3n) is 2.25. The van der Waals surface area contributed by atoms with E-state index in [4.69, 9.17) is 23.2 Å². The molecule has 1 atom stereocenters. The molecule has 1 unspecified atom stereocenters. The van der Waals surface area contributed by atoms with E-state index in [-0.39, 0.29) is 11.9 Å². The van der Waals surface area contributed by atoms with E-state index >= 15 is 0 Å². The molecule has 0 fully saturated rings. The lowest BCUT2D eigenvalue weighted by Crippen LogP contribution is -2.32. The van der Waals surface area contributed by atoms with Gasteiger partial charge in [-0.1, -0.05) is 11.6 Å². The van der Waals surface area contributed by atoms with Gasteiger partial charge in [-0.05, 0) is 37.6 Å². The van der Waals surface area contributed by atoms with Gasteiger partial charge in [0.2, 0.25) is 0 Å².